The second-order valence-electron chi connectivity index (χ2n) is 8.02. The number of aryl methyl sites for hydroxylation is 3. The molecule has 2 fully saturated rings. The number of rotatable bonds is 3. The van der Waals surface area contributed by atoms with Crippen LogP contribution in [-0.4, -0.2) is 29.1 Å². The molecule has 4 rings (SSSR count). The van der Waals surface area contributed by atoms with Gasteiger partial charge in [0, 0.05) is 16.6 Å². The lowest BCUT2D eigenvalue weighted by Gasteiger charge is -2.21. The molecule has 1 aliphatic carbocycles. The van der Waals surface area contributed by atoms with Gasteiger partial charge < -0.3 is 15.0 Å². The number of nitrogens with one attached hydrogen (secondary N) is 2. The van der Waals surface area contributed by atoms with Crippen molar-refractivity contribution in [3.63, 3.8) is 0 Å². The predicted octanol–water partition coefficient (Wildman–Crippen LogP) is 3.85. The molecule has 2 aromatic rings. The Hall–Kier alpha value is -1.81. The van der Waals surface area contributed by atoms with Crippen LogP contribution in [-0.2, 0) is 16.0 Å². The van der Waals surface area contributed by atoms with Crippen molar-refractivity contribution in [1.82, 2.24) is 10.3 Å². The third-order valence-corrected chi connectivity index (χ3v) is 6.12. The molecule has 2 aliphatic rings. The number of ether oxygens (including phenoxy) is 1. The van der Waals surface area contributed by atoms with E-state index in [0.717, 1.165) is 36.0 Å². The van der Waals surface area contributed by atoms with E-state index in [1.807, 2.05) is 0 Å². The number of carbonyl (C=O) groups is 1. The molecule has 0 radical (unpaired) electrons. The van der Waals surface area contributed by atoms with Gasteiger partial charge in [0.1, 0.15) is 0 Å². The highest BCUT2D eigenvalue weighted by atomic mass is 16.5. The average Bonchev–Trinajstić information content (AvgIpc) is 3.26. The Labute approximate surface area is 149 Å². The molecule has 2 heterocycles. The molecule has 1 aromatic carbocycles. The van der Waals surface area contributed by atoms with E-state index in [9.17, 15) is 4.79 Å². The first-order valence-electron chi connectivity index (χ1n) is 9.48. The molecule has 25 heavy (non-hydrogen) atoms. The van der Waals surface area contributed by atoms with Crippen molar-refractivity contribution < 1.29 is 9.53 Å². The third-order valence-electron chi connectivity index (χ3n) is 6.12. The number of H-pyrrole nitrogens is 1. The van der Waals surface area contributed by atoms with Gasteiger partial charge in [-0.05, 0) is 56.7 Å². The Kier molecular flexibility index (Phi) is 4.11. The summed E-state index contributed by atoms with van der Waals surface area (Å²) in [7, 11) is 0. The largest absolute Gasteiger partial charge is 0.373 e. The minimum Gasteiger partial charge on any atom is -0.373 e. The number of fused-ring (bicyclic) bond motifs is 1. The quantitative estimate of drug-likeness (QED) is 0.891. The Morgan fingerprint density at radius 3 is 2.72 bits per heavy atom. The van der Waals surface area contributed by atoms with Crippen molar-refractivity contribution in [2.45, 2.75) is 70.9 Å². The fraction of sp³-hybridized carbons (Fsp3) is 0.571. The van der Waals surface area contributed by atoms with Crippen molar-refractivity contribution >= 4 is 16.8 Å². The molecule has 0 bridgehead atoms. The first-order chi connectivity index (χ1) is 12.0. The summed E-state index contributed by atoms with van der Waals surface area (Å²) < 4.78 is 6.06. The van der Waals surface area contributed by atoms with Crippen LogP contribution < -0.4 is 5.32 Å². The van der Waals surface area contributed by atoms with Crippen molar-refractivity contribution in [1.29, 1.82) is 0 Å². The fourth-order valence-electron chi connectivity index (χ4n) is 4.78. The average molecular weight is 340 g/mol. The smallest absolute Gasteiger partial charge is 0.224 e. The molecular weight excluding hydrogens is 312 g/mol. The summed E-state index contributed by atoms with van der Waals surface area (Å²) in [6, 6.07) is 4.44. The third kappa shape index (κ3) is 2.97. The Balaban J connectivity index is 1.49. The zero-order chi connectivity index (χ0) is 17.6. The molecule has 1 atom stereocenters. The van der Waals surface area contributed by atoms with E-state index < -0.39 is 0 Å². The topological polar surface area (TPSA) is 54.1 Å². The van der Waals surface area contributed by atoms with E-state index in [1.54, 1.807) is 0 Å². The highest BCUT2D eigenvalue weighted by Gasteiger charge is 2.42. The molecule has 1 amide bonds. The molecule has 1 spiro atoms. The molecule has 1 saturated heterocycles. The van der Waals surface area contributed by atoms with Crippen LogP contribution in [0.1, 0.15) is 54.5 Å². The second kappa shape index (κ2) is 6.17. The lowest BCUT2D eigenvalue weighted by Crippen LogP contribution is -2.37. The number of benzene rings is 1. The second-order valence-corrected chi connectivity index (χ2v) is 8.02. The lowest BCUT2D eigenvalue weighted by molar-refractivity contribution is -0.121. The fourth-order valence-corrected chi connectivity index (χ4v) is 4.78. The van der Waals surface area contributed by atoms with Gasteiger partial charge >= 0.3 is 0 Å². The summed E-state index contributed by atoms with van der Waals surface area (Å²) in [5.41, 5.74) is 5.89. The van der Waals surface area contributed by atoms with Crippen LogP contribution in [0.3, 0.4) is 0 Å². The highest BCUT2D eigenvalue weighted by molar-refractivity contribution is 5.93. The minimum absolute atomic E-state index is 0.0579. The summed E-state index contributed by atoms with van der Waals surface area (Å²) in [5.74, 6) is 0.105. The molecule has 4 nitrogen and oxygen atoms in total. The van der Waals surface area contributed by atoms with Crippen molar-refractivity contribution in [2.24, 2.45) is 0 Å². The Morgan fingerprint density at radius 1 is 1.24 bits per heavy atom. The number of carbonyl (C=O) groups excluding carboxylic acids is 1. The first kappa shape index (κ1) is 16.6. The van der Waals surface area contributed by atoms with Crippen LogP contribution in [0.4, 0.5) is 0 Å². The van der Waals surface area contributed by atoms with E-state index >= 15 is 0 Å². The van der Waals surface area contributed by atoms with E-state index in [1.165, 1.54) is 29.4 Å². The summed E-state index contributed by atoms with van der Waals surface area (Å²) in [6.45, 7) is 6.95. The number of hydrogen-bond acceptors (Lipinski definition) is 2. The number of amides is 1. The summed E-state index contributed by atoms with van der Waals surface area (Å²) >= 11 is 0. The SMILES string of the molecule is Cc1[nH]c2c(C)ccc(C)c2c1CC(=O)N[C@H]1COC2(CCCC2)C1. The normalized spacial score (nSPS) is 22.1. The maximum absolute atomic E-state index is 12.7. The van der Waals surface area contributed by atoms with Crippen LogP contribution in [0.2, 0.25) is 0 Å². The van der Waals surface area contributed by atoms with Gasteiger partial charge in [-0.25, -0.2) is 0 Å². The van der Waals surface area contributed by atoms with Crippen LogP contribution in [0.25, 0.3) is 10.9 Å². The molecule has 1 aromatic heterocycles. The van der Waals surface area contributed by atoms with Crippen molar-refractivity contribution in [3.8, 4) is 0 Å². The first-order valence-corrected chi connectivity index (χ1v) is 9.48. The van der Waals surface area contributed by atoms with Crippen molar-refractivity contribution in [2.75, 3.05) is 6.61 Å². The van der Waals surface area contributed by atoms with Crippen LogP contribution in [0.5, 0.6) is 0 Å². The molecule has 134 valence electrons. The zero-order valence-corrected chi connectivity index (χ0v) is 15.5. The Bertz CT molecular complexity index is 815. The van der Waals surface area contributed by atoms with Gasteiger partial charge in [0.15, 0.2) is 0 Å². The van der Waals surface area contributed by atoms with E-state index in [2.05, 4.69) is 43.2 Å². The predicted molar refractivity (Wildman–Crippen MR) is 99.9 cm³/mol. The van der Waals surface area contributed by atoms with Gasteiger partial charge in [0.05, 0.1) is 24.7 Å². The molecule has 2 N–H and O–H groups in total. The van der Waals surface area contributed by atoms with Crippen molar-refractivity contribution in [3.05, 3.63) is 34.5 Å². The summed E-state index contributed by atoms with van der Waals surface area (Å²) in [4.78, 5) is 16.2. The molecular formula is C21H28N2O2. The zero-order valence-electron chi connectivity index (χ0n) is 15.5. The van der Waals surface area contributed by atoms with Gasteiger partial charge in [0.2, 0.25) is 5.91 Å². The van der Waals surface area contributed by atoms with Crippen LogP contribution in [0, 0.1) is 20.8 Å². The van der Waals surface area contributed by atoms with Crippen LogP contribution >= 0.6 is 0 Å². The molecule has 4 heteroatoms. The monoisotopic (exact) mass is 340 g/mol. The lowest BCUT2D eigenvalue weighted by atomic mass is 9.96. The van der Waals surface area contributed by atoms with E-state index in [0.29, 0.717) is 13.0 Å². The maximum atomic E-state index is 12.7. The Morgan fingerprint density at radius 2 is 1.96 bits per heavy atom. The van der Waals surface area contributed by atoms with Gasteiger partial charge in [0.25, 0.3) is 0 Å². The number of aromatic amines is 1. The minimum atomic E-state index is 0.0579. The maximum Gasteiger partial charge on any atom is 0.224 e. The van der Waals surface area contributed by atoms with Gasteiger partial charge in [-0.1, -0.05) is 25.0 Å². The van der Waals surface area contributed by atoms with E-state index in [4.69, 9.17) is 4.74 Å². The summed E-state index contributed by atoms with van der Waals surface area (Å²) in [5, 5.41) is 4.43. The molecule has 1 saturated carbocycles. The highest BCUT2D eigenvalue weighted by Crippen LogP contribution is 2.40. The van der Waals surface area contributed by atoms with E-state index in [-0.39, 0.29) is 17.6 Å². The van der Waals surface area contributed by atoms with Gasteiger partial charge in [-0.15, -0.1) is 0 Å². The van der Waals surface area contributed by atoms with Crippen LogP contribution in [0.15, 0.2) is 12.1 Å². The van der Waals surface area contributed by atoms with Gasteiger partial charge in [-0.3, -0.25) is 4.79 Å². The number of hydrogen-bond donors (Lipinski definition) is 2. The van der Waals surface area contributed by atoms with Gasteiger partial charge in [-0.2, -0.15) is 0 Å². The molecule has 1 aliphatic heterocycles. The number of aromatic nitrogens is 1. The molecule has 0 unspecified atom stereocenters. The summed E-state index contributed by atoms with van der Waals surface area (Å²) in [6.07, 6.45) is 6.23. The standard InChI is InChI=1S/C21H28N2O2/c1-13-6-7-14(2)20-19(13)17(15(3)22-20)10-18(24)23-16-11-21(25-12-16)8-4-5-9-21/h6-7,16,22H,4-5,8-12H2,1-3H3,(H,23,24)/t16-/m1/s1.